The summed E-state index contributed by atoms with van der Waals surface area (Å²) in [6.45, 7) is 2.20. The average molecular weight is 704 g/mol. The van der Waals surface area contributed by atoms with E-state index in [2.05, 4.69) is 206 Å². The first kappa shape index (κ1) is 32.5. The molecule has 0 N–H and O–H groups in total. The third kappa shape index (κ3) is 5.95. The highest BCUT2D eigenvalue weighted by Crippen LogP contribution is 2.41. The molecular formula is C53H37NO. The zero-order valence-corrected chi connectivity index (χ0v) is 30.5. The molecule has 2 heteroatoms. The first-order valence-corrected chi connectivity index (χ1v) is 18.8. The van der Waals surface area contributed by atoms with Crippen LogP contribution in [0, 0.1) is 6.92 Å². The van der Waals surface area contributed by atoms with E-state index >= 15 is 0 Å². The molecule has 0 amide bonds. The van der Waals surface area contributed by atoms with E-state index in [0.29, 0.717) is 0 Å². The Morgan fingerprint density at radius 3 is 1.60 bits per heavy atom. The van der Waals surface area contributed by atoms with Crippen molar-refractivity contribution in [2.45, 2.75) is 6.92 Å². The van der Waals surface area contributed by atoms with Crippen molar-refractivity contribution in [1.82, 2.24) is 0 Å². The number of aryl methyl sites for hydroxylation is 1. The third-order valence-electron chi connectivity index (χ3n) is 10.8. The monoisotopic (exact) mass is 703 g/mol. The largest absolute Gasteiger partial charge is 0.455 e. The van der Waals surface area contributed by atoms with Gasteiger partial charge in [-0.3, -0.25) is 0 Å². The van der Waals surface area contributed by atoms with Crippen LogP contribution in [0.5, 0.6) is 0 Å². The van der Waals surface area contributed by atoms with Crippen LogP contribution in [0.4, 0.5) is 17.1 Å². The van der Waals surface area contributed by atoms with Gasteiger partial charge in [0.15, 0.2) is 0 Å². The molecule has 0 radical (unpaired) electrons. The van der Waals surface area contributed by atoms with E-state index in [0.717, 1.165) is 50.1 Å². The lowest BCUT2D eigenvalue weighted by Gasteiger charge is -2.27. The fraction of sp³-hybridized carbons (Fsp3) is 0.0189. The minimum Gasteiger partial charge on any atom is -0.455 e. The molecule has 0 unspecified atom stereocenters. The van der Waals surface area contributed by atoms with Crippen LogP contribution in [0.25, 0.3) is 77.2 Å². The molecule has 0 bridgehead atoms. The van der Waals surface area contributed by atoms with Gasteiger partial charge in [-0.05, 0) is 105 Å². The molecule has 0 spiro atoms. The van der Waals surface area contributed by atoms with Crippen molar-refractivity contribution in [2.75, 3.05) is 4.90 Å². The van der Waals surface area contributed by atoms with E-state index in [4.69, 9.17) is 4.42 Å². The fourth-order valence-electron chi connectivity index (χ4n) is 8.06. The normalized spacial score (nSPS) is 11.4. The van der Waals surface area contributed by atoms with Crippen LogP contribution >= 0.6 is 0 Å². The van der Waals surface area contributed by atoms with Gasteiger partial charge >= 0.3 is 0 Å². The Morgan fingerprint density at radius 1 is 0.345 bits per heavy atom. The van der Waals surface area contributed by atoms with Crippen molar-refractivity contribution in [3.63, 3.8) is 0 Å². The van der Waals surface area contributed by atoms with Crippen LogP contribution < -0.4 is 4.90 Å². The summed E-state index contributed by atoms with van der Waals surface area (Å²) in [6.07, 6.45) is 0. The van der Waals surface area contributed by atoms with Crippen LogP contribution in [-0.2, 0) is 0 Å². The van der Waals surface area contributed by atoms with Crippen molar-refractivity contribution in [3.8, 4) is 44.5 Å². The summed E-state index contributed by atoms with van der Waals surface area (Å²) in [5.74, 6) is 0. The molecule has 0 aliphatic carbocycles. The lowest BCUT2D eigenvalue weighted by molar-refractivity contribution is 0.670. The lowest BCUT2D eigenvalue weighted by atomic mass is 9.96. The Morgan fingerprint density at radius 2 is 0.855 bits per heavy atom. The van der Waals surface area contributed by atoms with Crippen molar-refractivity contribution in [3.05, 3.63) is 212 Å². The highest BCUT2D eigenvalue weighted by molar-refractivity contribution is 6.09. The van der Waals surface area contributed by atoms with Gasteiger partial charge < -0.3 is 9.32 Å². The molecule has 10 rings (SSSR count). The van der Waals surface area contributed by atoms with Crippen LogP contribution in [-0.4, -0.2) is 0 Å². The predicted octanol–water partition coefficient (Wildman–Crippen LogP) is 15.2. The summed E-state index contributed by atoms with van der Waals surface area (Å²) in [4.78, 5) is 2.35. The summed E-state index contributed by atoms with van der Waals surface area (Å²) < 4.78 is 6.40. The summed E-state index contributed by atoms with van der Waals surface area (Å²) >= 11 is 0. The molecule has 0 fully saturated rings. The molecule has 0 saturated heterocycles. The van der Waals surface area contributed by atoms with Gasteiger partial charge in [0.25, 0.3) is 0 Å². The summed E-state index contributed by atoms with van der Waals surface area (Å²) in [5, 5.41) is 4.80. The molecule has 0 aliphatic heterocycles. The molecule has 2 nitrogen and oxygen atoms in total. The Labute approximate surface area is 321 Å². The van der Waals surface area contributed by atoms with Crippen molar-refractivity contribution >= 4 is 49.8 Å². The van der Waals surface area contributed by atoms with Crippen LogP contribution in [0.1, 0.15) is 5.56 Å². The zero-order chi connectivity index (χ0) is 36.7. The number of para-hydroxylation sites is 2. The second kappa shape index (κ2) is 13.7. The lowest BCUT2D eigenvalue weighted by Crippen LogP contribution is -2.10. The predicted molar refractivity (Wildman–Crippen MR) is 232 cm³/mol. The number of benzene rings is 9. The minimum atomic E-state index is 0.909. The highest BCUT2D eigenvalue weighted by Gasteiger charge is 2.17. The first-order valence-electron chi connectivity index (χ1n) is 18.8. The number of furan rings is 1. The molecule has 0 atom stereocenters. The summed E-state index contributed by atoms with van der Waals surface area (Å²) in [6, 6.07) is 73.9. The van der Waals surface area contributed by atoms with E-state index in [1.807, 2.05) is 12.1 Å². The maximum atomic E-state index is 6.40. The van der Waals surface area contributed by atoms with Crippen molar-refractivity contribution in [1.29, 1.82) is 0 Å². The van der Waals surface area contributed by atoms with Gasteiger partial charge in [0.2, 0.25) is 0 Å². The standard InChI is InChI=1S/C53H37NO/c1-36-35-45(33-34-46(36)39-11-3-2-4-12-39)54(44-31-27-42(28-32-44)49-18-10-19-51-50-16-7-8-20-52(50)55-53(49)51)43-29-25-38(26-30-43)37-21-23-41(24-22-37)48-17-9-14-40-13-5-6-15-47(40)48/h2-35H,1H3. The second-order valence-corrected chi connectivity index (χ2v) is 14.2. The Kier molecular flexibility index (Phi) is 8.08. The Hall–Kier alpha value is -7.16. The third-order valence-corrected chi connectivity index (χ3v) is 10.8. The van der Waals surface area contributed by atoms with Crippen LogP contribution in [0.3, 0.4) is 0 Å². The Bertz CT molecular complexity index is 2950. The quantitative estimate of drug-likeness (QED) is 0.164. The second-order valence-electron chi connectivity index (χ2n) is 14.2. The highest BCUT2D eigenvalue weighted by atomic mass is 16.3. The van der Waals surface area contributed by atoms with Gasteiger partial charge in [-0.25, -0.2) is 0 Å². The number of nitrogens with zero attached hydrogens (tertiary/aromatic N) is 1. The number of hydrogen-bond donors (Lipinski definition) is 0. The van der Waals surface area contributed by atoms with Gasteiger partial charge in [0, 0.05) is 33.4 Å². The van der Waals surface area contributed by atoms with E-state index < -0.39 is 0 Å². The molecule has 260 valence electrons. The van der Waals surface area contributed by atoms with Gasteiger partial charge in [-0.15, -0.1) is 0 Å². The van der Waals surface area contributed by atoms with Gasteiger partial charge in [0.05, 0.1) is 0 Å². The van der Waals surface area contributed by atoms with E-state index in [9.17, 15) is 0 Å². The number of hydrogen-bond acceptors (Lipinski definition) is 2. The van der Waals surface area contributed by atoms with Gasteiger partial charge in [-0.2, -0.15) is 0 Å². The van der Waals surface area contributed by atoms with Gasteiger partial charge in [0.1, 0.15) is 11.2 Å². The maximum Gasteiger partial charge on any atom is 0.143 e. The molecule has 55 heavy (non-hydrogen) atoms. The SMILES string of the molecule is Cc1cc(N(c2ccc(-c3ccc(-c4cccc5ccccc45)cc3)cc2)c2ccc(-c3cccc4c3oc3ccccc34)cc2)ccc1-c1ccccc1. The number of anilines is 3. The zero-order valence-electron chi connectivity index (χ0n) is 30.5. The van der Waals surface area contributed by atoms with Crippen LogP contribution in [0.15, 0.2) is 211 Å². The van der Waals surface area contributed by atoms with Crippen LogP contribution in [0.2, 0.25) is 0 Å². The maximum absolute atomic E-state index is 6.40. The molecule has 1 aromatic heterocycles. The molecule has 9 aromatic carbocycles. The fourth-order valence-corrected chi connectivity index (χ4v) is 8.06. The van der Waals surface area contributed by atoms with Gasteiger partial charge in [-0.1, -0.05) is 164 Å². The minimum absolute atomic E-state index is 0.909. The molecule has 0 saturated carbocycles. The topological polar surface area (TPSA) is 16.4 Å². The molecule has 0 aliphatic rings. The molecular weight excluding hydrogens is 667 g/mol. The Balaban J connectivity index is 1.01. The first-order chi connectivity index (χ1) is 27.2. The number of fused-ring (bicyclic) bond motifs is 4. The summed E-state index contributed by atoms with van der Waals surface area (Å²) in [5.41, 5.74) is 15.8. The average Bonchev–Trinajstić information content (AvgIpc) is 3.64. The van der Waals surface area contributed by atoms with E-state index in [-0.39, 0.29) is 0 Å². The van der Waals surface area contributed by atoms with Crippen molar-refractivity contribution < 1.29 is 4.42 Å². The molecule has 1 heterocycles. The summed E-state index contributed by atoms with van der Waals surface area (Å²) in [7, 11) is 0. The molecule has 10 aromatic rings. The smallest absolute Gasteiger partial charge is 0.143 e. The van der Waals surface area contributed by atoms with E-state index in [1.165, 1.54) is 49.7 Å². The number of rotatable bonds is 7. The van der Waals surface area contributed by atoms with E-state index in [1.54, 1.807) is 0 Å². The van der Waals surface area contributed by atoms with Crippen molar-refractivity contribution in [2.24, 2.45) is 0 Å².